The van der Waals surface area contributed by atoms with Gasteiger partial charge in [-0.25, -0.2) is 19.6 Å². The second kappa shape index (κ2) is 6.42. The van der Waals surface area contributed by atoms with Crippen molar-refractivity contribution in [1.29, 1.82) is 0 Å². The number of pyridine rings is 1. The number of halogens is 1. The van der Waals surface area contributed by atoms with Gasteiger partial charge in [-0.15, -0.1) is 0 Å². The summed E-state index contributed by atoms with van der Waals surface area (Å²) >= 11 is 2.29. The summed E-state index contributed by atoms with van der Waals surface area (Å²) in [5, 5.41) is 4.27. The Bertz CT molecular complexity index is 846. The lowest BCUT2D eigenvalue weighted by Gasteiger charge is -2.13. The van der Waals surface area contributed by atoms with E-state index in [9.17, 15) is 4.55 Å². The molecule has 0 aliphatic carbocycles. The summed E-state index contributed by atoms with van der Waals surface area (Å²) in [6.45, 7) is 3.69. The fraction of sp³-hybridized carbons (Fsp3) is 0.286. The third kappa shape index (κ3) is 3.04. The van der Waals surface area contributed by atoms with E-state index in [0.717, 1.165) is 4.60 Å². The Morgan fingerprint density at radius 3 is 2.65 bits per heavy atom. The molecular formula is C14H15BrN6OS. The summed E-state index contributed by atoms with van der Waals surface area (Å²) in [5.41, 5.74) is 0.587. The van der Waals surface area contributed by atoms with Crippen molar-refractivity contribution in [3.8, 4) is 17.3 Å². The third-order valence-electron chi connectivity index (χ3n) is 3.34. The SMILES string of the molecule is CC[S+]([O-])c1ccc(-n2cnc(C)n2)nc1-c1ncc(Br)n1C. The standard InChI is InChI=1S/C14H15BrN6OS/c1-4-23(22)10-5-6-12(21-8-17-9(2)19-21)18-13(10)14-16-7-11(15)20(14)3/h5-8H,4H2,1-3H3. The average molecular weight is 395 g/mol. The molecule has 0 spiro atoms. The molecule has 0 saturated heterocycles. The van der Waals surface area contributed by atoms with Gasteiger partial charge in [0.15, 0.2) is 22.2 Å². The average Bonchev–Trinajstić information content (AvgIpc) is 3.13. The number of hydrogen-bond acceptors (Lipinski definition) is 5. The van der Waals surface area contributed by atoms with Gasteiger partial charge in [0.05, 0.1) is 6.20 Å². The first-order valence-corrected chi connectivity index (χ1v) is 9.08. The Balaban J connectivity index is 2.18. The van der Waals surface area contributed by atoms with Gasteiger partial charge in [0.2, 0.25) is 0 Å². The van der Waals surface area contributed by atoms with E-state index in [4.69, 9.17) is 0 Å². The van der Waals surface area contributed by atoms with Gasteiger partial charge in [0.25, 0.3) is 0 Å². The number of aromatic nitrogens is 6. The molecule has 0 bridgehead atoms. The van der Waals surface area contributed by atoms with Gasteiger partial charge in [-0.1, -0.05) is 0 Å². The zero-order valence-corrected chi connectivity index (χ0v) is 15.3. The molecule has 23 heavy (non-hydrogen) atoms. The van der Waals surface area contributed by atoms with E-state index in [1.807, 2.05) is 31.5 Å². The van der Waals surface area contributed by atoms with Crippen molar-refractivity contribution in [2.45, 2.75) is 18.7 Å². The minimum atomic E-state index is -1.14. The van der Waals surface area contributed by atoms with E-state index in [-0.39, 0.29) is 0 Å². The second-order valence-electron chi connectivity index (χ2n) is 4.85. The van der Waals surface area contributed by atoms with Crippen molar-refractivity contribution in [3.05, 3.63) is 35.1 Å². The van der Waals surface area contributed by atoms with Gasteiger partial charge >= 0.3 is 0 Å². The molecule has 0 N–H and O–H groups in total. The maximum absolute atomic E-state index is 12.4. The highest BCUT2D eigenvalue weighted by Gasteiger charge is 2.22. The number of rotatable bonds is 4. The minimum absolute atomic E-state index is 0.516. The highest BCUT2D eigenvalue weighted by atomic mass is 79.9. The first-order valence-electron chi connectivity index (χ1n) is 6.97. The van der Waals surface area contributed by atoms with Crippen molar-refractivity contribution < 1.29 is 4.55 Å². The second-order valence-corrected chi connectivity index (χ2v) is 7.37. The Morgan fingerprint density at radius 2 is 2.09 bits per heavy atom. The van der Waals surface area contributed by atoms with Crippen molar-refractivity contribution in [1.82, 2.24) is 29.3 Å². The summed E-state index contributed by atoms with van der Waals surface area (Å²) in [7, 11) is 1.87. The molecule has 0 aromatic carbocycles. The molecule has 0 aliphatic rings. The molecule has 3 rings (SSSR count). The van der Waals surface area contributed by atoms with Gasteiger partial charge in [0.1, 0.15) is 22.5 Å². The van der Waals surface area contributed by atoms with Crippen molar-refractivity contribution in [3.63, 3.8) is 0 Å². The van der Waals surface area contributed by atoms with E-state index in [2.05, 4.69) is 36.0 Å². The van der Waals surface area contributed by atoms with Gasteiger partial charge in [0, 0.05) is 7.05 Å². The number of nitrogens with zero attached hydrogens (tertiary/aromatic N) is 6. The molecule has 3 aromatic heterocycles. The minimum Gasteiger partial charge on any atom is -0.611 e. The smallest absolute Gasteiger partial charge is 0.182 e. The van der Waals surface area contributed by atoms with E-state index in [1.165, 1.54) is 0 Å². The maximum Gasteiger partial charge on any atom is 0.182 e. The first kappa shape index (κ1) is 16.2. The molecule has 0 aliphatic heterocycles. The van der Waals surface area contributed by atoms with Crippen LogP contribution < -0.4 is 0 Å². The topological polar surface area (TPSA) is 84.5 Å². The lowest BCUT2D eigenvalue weighted by molar-refractivity contribution is 0.596. The molecule has 9 heteroatoms. The summed E-state index contributed by atoms with van der Waals surface area (Å²) in [5.74, 6) is 2.43. The first-order chi connectivity index (χ1) is 11.0. The molecule has 0 saturated carbocycles. The fourth-order valence-corrected chi connectivity index (χ4v) is 3.28. The Kier molecular flexibility index (Phi) is 4.51. The molecule has 7 nitrogen and oxygen atoms in total. The Labute approximate surface area is 145 Å². The van der Waals surface area contributed by atoms with Crippen LogP contribution in [0.1, 0.15) is 12.7 Å². The predicted octanol–water partition coefficient (Wildman–Crippen LogP) is 2.26. The molecule has 1 atom stereocenters. The van der Waals surface area contributed by atoms with E-state index in [1.54, 1.807) is 23.3 Å². The van der Waals surface area contributed by atoms with E-state index < -0.39 is 11.2 Å². The van der Waals surface area contributed by atoms with Crippen LogP contribution in [-0.4, -0.2) is 39.6 Å². The number of imidazole rings is 1. The van der Waals surface area contributed by atoms with Crippen molar-refractivity contribution in [2.24, 2.45) is 7.05 Å². The highest BCUT2D eigenvalue weighted by molar-refractivity contribution is 9.10. The lowest BCUT2D eigenvalue weighted by atomic mass is 10.3. The van der Waals surface area contributed by atoms with Crippen molar-refractivity contribution >= 4 is 27.1 Å². The molecule has 0 fully saturated rings. The molecular weight excluding hydrogens is 380 g/mol. The molecule has 3 aromatic rings. The zero-order valence-electron chi connectivity index (χ0n) is 12.9. The van der Waals surface area contributed by atoms with E-state index in [0.29, 0.717) is 33.8 Å². The molecule has 0 radical (unpaired) electrons. The molecule has 0 amide bonds. The summed E-state index contributed by atoms with van der Waals surface area (Å²) in [6.07, 6.45) is 3.30. The molecule has 1 unspecified atom stereocenters. The van der Waals surface area contributed by atoms with Crippen LogP contribution >= 0.6 is 15.9 Å². The van der Waals surface area contributed by atoms with Gasteiger partial charge in [-0.2, -0.15) is 5.10 Å². The summed E-state index contributed by atoms with van der Waals surface area (Å²) in [6, 6.07) is 3.61. The Morgan fingerprint density at radius 1 is 1.30 bits per heavy atom. The Hall–Kier alpha value is -1.71. The normalized spacial score (nSPS) is 12.6. The largest absolute Gasteiger partial charge is 0.611 e. The zero-order chi connectivity index (χ0) is 16.6. The van der Waals surface area contributed by atoms with Crippen LogP contribution in [0.5, 0.6) is 0 Å². The monoisotopic (exact) mass is 394 g/mol. The summed E-state index contributed by atoms with van der Waals surface area (Å²) in [4.78, 5) is 13.8. The van der Waals surface area contributed by atoms with Crippen LogP contribution in [0.2, 0.25) is 0 Å². The van der Waals surface area contributed by atoms with Crippen LogP contribution in [0.3, 0.4) is 0 Å². The predicted molar refractivity (Wildman–Crippen MR) is 90.7 cm³/mol. The van der Waals surface area contributed by atoms with Crippen LogP contribution in [-0.2, 0) is 18.2 Å². The maximum atomic E-state index is 12.4. The quantitative estimate of drug-likeness (QED) is 0.633. The van der Waals surface area contributed by atoms with Gasteiger partial charge < -0.3 is 9.12 Å². The van der Waals surface area contributed by atoms with Crippen LogP contribution in [0, 0.1) is 6.92 Å². The number of aryl methyl sites for hydroxylation is 1. The van der Waals surface area contributed by atoms with Crippen LogP contribution in [0.4, 0.5) is 0 Å². The van der Waals surface area contributed by atoms with Gasteiger partial charge in [-0.05, 0) is 53.1 Å². The summed E-state index contributed by atoms with van der Waals surface area (Å²) < 4.78 is 16.6. The molecule has 3 heterocycles. The third-order valence-corrected chi connectivity index (χ3v) is 5.42. The fourth-order valence-electron chi connectivity index (χ4n) is 2.13. The van der Waals surface area contributed by atoms with Crippen LogP contribution in [0.15, 0.2) is 34.2 Å². The molecule has 120 valence electrons. The lowest BCUT2D eigenvalue weighted by Crippen LogP contribution is -2.11. The van der Waals surface area contributed by atoms with Crippen LogP contribution in [0.25, 0.3) is 17.3 Å². The number of hydrogen-bond donors (Lipinski definition) is 0. The highest BCUT2D eigenvalue weighted by Crippen LogP contribution is 2.28. The van der Waals surface area contributed by atoms with Gasteiger partial charge in [-0.3, -0.25) is 0 Å². The van der Waals surface area contributed by atoms with E-state index >= 15 is 0 Å². The van der Waals surface area contributed by atoms with Crippen molar-refractivity contribution in [2.75, 3.05) is 5.75 Å².